The molecule has 0 bridgehead atoms. The van der Waals surface area contributed by atoms with Crippen LogP contribution < -0.4 is 4.74 Å². The quantitative estimate of drug-likeness (QED) is 0.793. The Morgan fingerprint density at radius 1 is 0.824 bits per heavy atom. The van der Waals surface area contributed by atoms with E-state index in [0.29, 0.717) is 12.6 Å². The van der Waals surface area contributed by atoms with Crippen molar-refractivity contribution in [2.75, 3.05) is 6.61 Å². The van der Waals surface area contributed by atoms with E-state index >= 15 is 0 Å². The number of rotatable bonds is 2. The van der Waals surface area contributed by atoms with Gasteiger partial charge in [0.15, 0.2) is 0 Å². The molecular weight excluding hydrogens is 214 g/mol. The summed E-state index contributed by atoms with van der Waals surface area (Å²) in [5, 5.41) is 0. The van der Waals surface area contributed by atoms with E-state index in [9.17, 15) is 0 Å². The standard InChI is InChI=1S/C13H23N3O/c1-8-17-11-15-9(12(2,3)4)14-10(16-11)13(5,6)7/h8H2,1-7H3. The normalized spacial score (nSPS) is 12.6. The largest absolute Gasteiger partial charge is 0.464 e. The van der Waals surface area contributed by atoms with E-state index < -0.39 is 0 Å². The summed E-state index contributed by atoms with van der Waals surface area (Å²) in [4.78, 5) is 13.3. The maximum absolute atomic E-state index is 5.42. The molecule has 1 heterocycles. The molecule has 0 amide bonds. The first kappa shape index (κ1) is 13.9. The summed E-state index contributed by atoms with van der Waals surface area (Å²) < 4.78 is 5.42. The summed E-state index contributed by atoms with van der Waals surface area (Å²) in [6.45, 7) is 15.0. The van der Waals surface area contributed by atoms with Gasteiger partial charge in [-0.3, -0.25) is 0 Å². The minimum absolute atomic E-state index is 0.102. The van der Waals surface area contributed by atoms with Crippen LogP contribution in [0.2, 0.25) is 0 Å². The van der Waals surface area contributed by atoms with Crippen LogP contribution in [0.3, 0.4) is 0 Å². The molecule has 0 N–H and O–H groups in total. The van der Waals surface area contributed by atoms with Crippen molar-refractivity contribution in [2.45, 2.75) is 59.3 Å². The molecule has 0 unspecified atom stereocenters. The second kappa shape index (κ2) is 4.59. The van der Waals surface area contributed by atoms with Crippen LogP contribution in [0.1, 0.15) is 60.1 Å². The average molecular weight is 237 g/mol. The van der Waals surface area contributed by atoms with Crippen molar-refractivity contribution in [1.29, 1.82) is 0 Å². The summed E-state index contributed by atoms with van der Waals surface area (Å²) >= 11 is 0. The van der Waals surface area contributed by atoms with Crippen LogP contribution in [0.4, 0.5) is 0 Å². The average Bonchev–Trinajstić information content (AvgIpc) is 2.15. The highest BCUT2D eigenvalue weighted by Crippen LogP contribution is 2.24. The molecule has 96 valence electrons. The van der Waals surface area contributed by atoms with E-state index in [1.54, 1.807) is 0 Å². The fraction of sp³-hybridized carbons (Fsp3) is 0.769. The Labute approximate surface area is 104 Å². The molecule has 4 nitrogen and oxygen atoms in total. The zero-order chi connectivity index (χ0) is 13.3. The zero-order valence-electron chi connectivity index (χ0n) is 12.0. The molecule has 0 aliphatic carbocycles. The van der Waals surface area contributed by atoms with E-state index in [1.807, 2.05) is 6.92 Å². The van der Waals surface area contributed by atoms with Gasteiger partial charge in [0.2, 0.25) is 0 Å². The van der Waals surface area contributed by atoms with Crippen LogP contribution in [-0.4, -0.2) is 21.6 Å². The minimum Gasteiger partial charge on any atom is -0.464 e. The van der Waals surface area contributed by atoms with Gasteiger partial charge in [-0.1, -0.05) is 41.5 Å². The summed E-state index contributed by atoms with van der Waals surface area (Å²) in [7, 11) is 0. The topological polar surface area (TPSA) is 47.9 Å². The second-order valence-corrected chi connectivity index (χ2v) is 6.20. The highest BCUT2D eigenvalue weighted by Gasteiger charge is 2.25. The third-order valence-electron chi connectivity index (χ3n) is 2.23. The maximum atomic E-state index is 5.42. The lowest BCUT2D eigenvalue weighted by molar-refractivity contribution is 0.301. The molecule has 0 spiro atoms. The smallest absolute Gasteiger partial charge is 0.319 e. The van der Waals surface area contributed by atoms with Crippen molar-refractivity contribution in [1.82, 2.24) is 15.0 Å². The fourth-order valence-electron chi connectivity index (χ4n) is 1.22. The SMILES string of the molecule is CCOc1nc(C(C)(C)C)nc(C(C)(C)C)n1. The Bertz CT molecular complexity index is 356. The van der Waals surface area contributed by atoms with Crippen LogP contribution >= 0.6 is 0 Å². The molecule has 0 aliphatic rings. The van der Waals surface area contributed by atoms with Gasteiger partial charge in [-0.25, -0.2) is 4.98 Å². The summed E-state index contributed by atoms with van der Waals surface area (Å²) in [5.74, 6) is 1.56. The Kier molecular flexibility index (Phi) is 3.74. The Morgan fingerprint density at radius 3 is 1.53 bits per heavy atom. The van der Waals surface area contributed by atoms with Crippen molar-refractivity contribution in [3.05, 3.63) is 11.6 Å². The van der Waals surface area contributed by atoms with Gasteiger partial charge < -0.3 is 4.74 Å². The van der Waals surface area contributed by atoms with Crippen LogP contribution in [0.25, 0.3) is 0 Å². The van der Waals surface area contributed by atoms with Crippen LogP contribution in [0, 0.1) is 0 Å². The molecule has 1 aromatic rings. The second-order valence-electron chi connectivity index (χ2n) is 6.20. The third kappa shape index (κ3) is 3.65. The van der Waals surface area contributed by atoms with Crippen molar-refractivity contribution in [2.24, 2.45) is 0 Å². The first-order chi connectivity index (χ1) is 7.64. The molecule has 0 radical (unpaired) electrons. The maximum Gasteiger partial charge on any atom is 0.319 e. The number of hydrogen-bond acceptors (Lipinski definition) is 4. The first-order valence-corrected chi connectivity index (χ1v) is 6.04. The molecule has 0 aliphatic heterocycles. The predicted molar refractivity (Wildman–Crippen MR) is 68.4 cm³/mol. The summed E-state index contributed by atoms with van der Waals surface area (Å²) in [6.07, 6.45) is 0. The molecule has 1 rings (SSSR count). The van der Waals surface area contributed by atoms with Gasteiger partial charge in [0.25, 0.3) is 0 Å². The van der Waals surface area contributed by atoms with Crippen molar-refractivity contribution in [3.8, 4) is 6.01 Å². The predicted octanol–water partition coefficient (Wildman–Crippen LogP) is 2.87. The Balaban J connectivity index is 3.29. The highest BCUT2D eigenvalue weighted by atomic mass is 16.5. The molecule has 0 aromatic carbocycles. The zero-order valence-corrected chi connectivity index (χ0v) is 12.0. The van der Waals surface area contributed by atoms with E-state index in [0.717, 1.165) is 11.6 Å². The van der Waals surface area contributed by atoms with E-state index in [1.165, 1.54) is 0 Å². The monoisotopic (exact) mass is 237 g/mol. The molecule has 0 saturated carbocycles. The number of hydrogen-bond donors (Lipinski definition) is 0. The molecule has 0 saturated heterocycles. The van der Waals surface area contributed by atoms with Crippen LogP contribution in [0.5, 0.6) is 6.01 Å². The van der Waals surface area contributed by atoms with Crippen LogP contribution in [0.15, 0.2) is 0 Å². The van der Waals surface area contributed by atoms with Gasteiger partial charge in [0, 0.05) is 10.8 Å². The van der Waals surface area contributed by atoms with Gasteiger partial charge in [-0.2, -0.15) is 9.97 Å². The van der Waals surface area contributed by atoms with E-state index in [-0.39, 0.29) is 10.8 Å². The van der Waals surface area contributed by atoms with Gasteiger partial charge in [-0.15, -0.1) is 0 Å². The lowest BCUT2D eigenvalue weighted by Crippen LogP contribution is -2.24. The Morgan fingerprint density at radius 2 is 1.24 bits per heavy atom. The number of nitrogens with zero attached hydrogens (tertiary/aromatic N) is 3. The van der Waals surface area contributed by atoms with Crippen molar-refractivity contribution in [3.63, 3.8) is 0 Å². The van der Waals surface area contributed by atoms with E-state index in [2.05, 4.69) is 56.5 Å². The van der Waals surface area contributed by atoms with Gasteiger partial charge in [-0.05, 0) is 6.92 Å². The molecule has 0 fully saturated rings. The molecule has 0 atom stereocenters. The number of ether oxygens (including phenoxy) is 1. The third-order valence-corrected chi connectivity index (χ3v) is 2.23. The molecular formula is C13H23N3O. The summed E-state index contributed by atoms with van der Waals surface area (Å²) in [6, 6.07) is 0.428. The van der Waals surface area contributed by atoms with Crippen molar-refractivity contribution >= 4 is 0 Å². The number of aromatic nitrogens is 3. The lowest BCUT2D eigenvalue weighted by atomic mass is 9.93. The van der Waals surface area contributed by atoms with Gasteiger partial charge in [0.1, 0.15) is 11.6 Å². The molecule has 1 aromatic heterocycles. The lowest BCUT2D eigenvalue weighted by Gasteiger charge is -2.22. The summed E-state index contributed by atoms with van der Waals surface area (Å²) in [5.41, 5.74) is -0.205. The Hall–Kier alpha value is -1.19. The first-order valence-electron chi connectivity index (χ1n) is 6.04. The van der Waals surface area contributed by atoms with Gasteiger partial charge in [0.05, 0.1) is 6.61 Å². The fourth-order valence-corrected chi connectivity index (χ4v) is 1.22. The molecule has 17 heavy (non-hydrogen) atoms. The van der Waals surface area contributed by atoms with Gasteiger partial charge >= 0.3 is 6.01 Å². The highest BCUT2D eigenvalue weighted by molar-refractivity contribution is 5.13. The van der Waals surface area contributed by atoms with E-state index in [4.69, 9.17) is 4.74 Å². The van der Waals surface area contributed by atoms with Crippen LogP contribution in [-0.2, 0) is 10.8 Å². The van der Waals surface area contributed by atoms with Crippen molar-refractivity contribution < 1.29 is 4.74 Å². The molecule has 4 heteroatoms. The minimum atomic E-state index is -0.102.